The number of carboxylic acids is 1. The topological polar surface area (TPSA) is 84.7 Å². The van der Waals surface area contributed by atoms with Crippen molar-refractivity contribution in [2.24, 2.45) is 13.0 Å². The third kappa shape index (κ3) is 4.82. The number of halogens is 3. The summed E-state index contributed by atoms with van der Waals surface area (Å²) in [4.78, 5) is 32.3. The minimum atomic E-state index is -2.64. The van der Waals surface area contributed by atoms with E-state index in [2.05, 4.69) is 9.93 Å². The molecule has 1 aliphatic heterocycles. The number of aliphatic carboxylic acids is 1. The van der Waals surface area contributed by atoms with Crippen LogP contribution in [-0.2, 0) is 18.3 Å². The molecule has 2 aromatic heterocycles. The summed E-state index contributed by atoms with van der Waals surface area (Å²) < 4.78 is 40.9. The van der Waals surface area contributed by atoms with Crippen LogP contribution in [-0.4, -0.2) is 27.2 Å². The average Bonchev–Trinajstić information content (AvgIpc) is 2.80. The smallest absolute Gasteiger partial charge is 0.306 e. The third-order valence-electron chi connectivity index (χ3n) is 6.61. The van der Waals surface area contributed by atoms with Crippen LogP contribution < -0.4 is 15.4 Å². The monoisotopic (exact) mass is 489 g/mol. The molecule has 186 valence electrons. The van der Waals surface area contributed by atoms with E-state index in [1.54, 1.807) is 20.0 Å². The van der Waals surface area contributed by atoms with Gasteiger partial charge in [0.05, 0.1) is 28.5 Å². The number of aryl methyl sites for hydroxylation is 3. The quantitative estimate of drug-likeness (QED) is 0.529. The Labute approximate surface area is 199 Å². The van der Waals surface area contributed by atoms with E-state index in [1.165, 1.54) is 29.0 Å². The Hall–Kier alpha value is -3.56. The fraction of sp³-hybridized carbons (Fsp3) is 0.400. The van der Waals surface area contributed by atoms with Crippen molar-refractivity contribution in [2.75, 3.05) is 11.4 Å². The Kier molecular flexibility index (Phi) is 7.00. The number of hydrogen-bond donors (Lipinski definition) is 1. The highest BCUT2D eigenvalue weighted by molar-refractivity contribution is 5.96. The van der Waals surface area contributed by atoms with Gasteiger partial charge in [0, 0.05) is 53.0 Å². The lowest BCUT2D eigenvalue weighted by molar-refractivity contribution is -0.144. The molecule has 5 rings (SSSR count). The van der Waals surface area contributed by atoms with E-state index in [0.29, 0.717) is 46.5 Å². The van der Waals surface area contributed by atoms with Crippen LogP contribution in [0.15, 0.2) is 35.3 Å². The van der Waals surface area contributed by atoms with Gasteiger partial charge in [0.25, 0.3) is 12.0 Å². The zero-order valence-corrected chi connectivity index (χ0v) is 19.4. The highest BCUT2D eigenvalue weighted by Crippen LogP contribution is 2.40. The fourth-order valence-corrected chi connectivity index (χ4v) is 4.42. The molecular weight excluding hydrogens is 463 g/mol. The fourth-order valence-electron chi connectivity index (χ4n) is 4.42. The number of nitrogens with zero attached hydrogens (tertiary/aromatic N) is 3. The number of anilines is 2. The molecule has 1 aromatic carbocycles. The molecule has 1 aliphatic carbocycles. The molecule has 0 atom stereocenters. The molecule has 1 saturated carbocycles. The summed E-state index contributed by atoms with van der Waals surface area (Å²) in [6, 6.07) is 6.11. The zero-order chi connectivity index (χ0) is 25.3. The molecule has 0 radical (unpaired) electrons. The second-order valence-corrected chi connectivity index (χ2v) is 8.90. The van der Waals surface area contributed by atoms with Gasteiger partial charge < -0.3 is 14.6 Å². The molecule has 10 heteroatoms. The van der Waals surface area contributed by atoms with Crippen molar-refractivity contribution in [3.8, 4) is 5.75 Å². The van der Waals surface area contributed by atoms with Crippen molar-refractivity contribution in [1.29, 1.82) is 0 Å². The van der Waals surface area contributed by atoms with E-state index in [4.69, 9.17) is 5.11 Å². The highest BCUT2D eigenvalue weighted by atomic mass is 19.3. The van der Waals surface area contributed by atoms with E-state index < -0.39 is 12.4 Å². The predicted octanol–water partition coefficient (Wildman–Crippen LogP) is 5.40. The maximum absolute atomic E-state index is 13.2. The molecule has 3 aromatic rings. The van der Waals surface area contributed by atoms with E-state index in [0.717, 1.165) is 25.7 Å². The van der Waals surface area contributed by atoms with Crippen molar-refractivity contribution in [1.82, 2.24) is 9.55 Å². The minimum absolute atomic E-state index is 0.000000000000000444. The molecule has 2 aliphatic rings. The number of carboxylic acid groups (broad SMARTS) is 1. The van der Waals surface area contributed by atoms with Crippen molar-refractivity contribution in [3.63, 3.8) is 0 Å². The van der Waals surface area contributed by atoms with Gasteiger partial charge in [-0.3, -0.25) is 19.5 Å². The molecule has 3 heterocycles. The maximum atomic E-state index is 13.2. The van der Waals surface area contributed by atoms with Gasteiger partial charge in [-0.1, -0.05) is 6.42 Å². The number of pyridine rings is 2. The molecule has 0 saturated heterocycles. The molecule has 35 heavy (non-hydrogen) atoms. The Balaban J connectivity index is 0.000000356. The van der Waals surface area contributed by atoms with Gasteiger partial charge in [-0.2, -0.15) is 0 Å². The summed E-state index contributed by atoms with van der Waals surface area (Å²) >= 11 is 0. The standard InChI is InChI=1S/C20H18F3N3O2.C5H8O2/c1-11-6-14-16(25(2)20(11)27)8-13(28-23)9-17(14)26-5-3-4-15-18(26)7-12(10-24-15)19(21)22;6-5(7)4-2-1-3-4/h6-10,19H,3-5H2,1-2H3;4H,1-3H2,(H,6,7). The van der Waals surface area contributed by atoms with Gasteiger partial charge in [0.15, 0.2) is 5.75 Å². The van der Waals surface area contributed by atoms with E-state index in [9.17, 15) is 22.9 Å². The summed E-state index contributed by atoms with van der Waals surface area (Å²) in [5, 5.41) is 8.94. The lowest BCUT2D eigenvalue weighted by Gasteiger charge is -2.32. The molecule has 0 spiro atoms. The molecule has 0 unspecified atom stereocenters. The van der Waals surface area contributed by atoms with Gasteiger partial charge in [0.1, 0.15) is 0 Å². The van der Waals surface area contributed by atoms with Crippen LogP contribution in [0.3, 0.4) is 0 Å². The summed E-state index contributed by atoms with van der Waals surface area (Å²) in [6.07, 6.45) is 2.90. The lowest BCUT2D eigenvalue weighted by Crippen LogP contribution is -2.26. The third-order valence-corrected chi connectivity index (χ3v) is 6.61. The van der Waals surface area contributed by atoms with Crippen LogP contribution in [0.4, 0.5) is 24.7 Å². The van der Waals surface area contributed by atoms with Crippen LogP contribution in [0.25, 0.3) is 10.9 Å². The number of carbonyl (C=O) groups is 1. The van der Waals surface area contributed by atoms with Crippen LogP contribution in [0.5, 0.6) is 5.75 Å². The van der Waals surface area contributed by atoms with Crippen LogP contribution in [0.2, 0.25) is 0 Å². The normalized spacial score (nSPS) is 15.3. The maximum Gasteiger partial charge on any atom is 0.306 e. The first-order chi connectivity index (χ1) is 16.7. The van der Waals surface area contributed by atoms with Crippen molar-refractivity contribution < 1.29 is 28.1 Å². The molecular formula is C25H26F3N3O4. The predicted molar refractivity (Wildman–Crippen MR) is 125 cm³/mol. The first-order valence-electron chi connectivity index (χ1n) is 11.4. The van der Waals surface area contributed by atoms with E-state index in [-0.39, 0.29) is 22.8 Å². The van der Waals surface area contributed by atoms with Crippen molar-refractivity contribution >= 4 is 28.2 Å². The first-order valence-corrected chi connectivity index (χ1v) is 11.4. The number of aromatic nitrogens is 2. The highest BCUT2D eigenvalue weighted by Gasteiger charge is 2.25. The second-order valence-electron chi connectivity index (χ2n) is 8.90. The van der Waals surface area contributed by atoms with Crippen LogP contribution >= 0.6 is 0 Å². The van der Waals surface area contributed by atoms with E-state index >= 15 is 0 Å². The number of fused-ring (bicyclic) bond motifs is 2. The largest absolute Gasteiger partial charge is 0.481 e. The molecule has 0 bridgehead atoms. The number of hydrogen-bond acceptors (Lipinski definition) is 5. The first kappa shape index (κ1) is 24.6. The summed E-state index contributed by atoms with van der Waals surface area (Å²) in [5.41, 5.74) is 2.50. The average molecular weight is 489 g/mol. The van der Waals surface area contributed by atoms with Crippen LogP contribution in [0, 0.1) is 12.8 Å². The number of rotatable bonds is 4. The summed E-state index contributed by atoms with van der Waals surface area (Å²) in [5.74, 6) is -0.683. The van der Waals surface area contributed by atoms with Crippen molar-refractivity contribution in [3.05, 3.63) is 57.6 Å². The number of alkyl halides is 2. The Morgan fingerprint density at radius 2 is 1.91 bits per heavy atom. The van der Waals surface area contributed by atoms with Gasteiger partial charge in [0.2, 0.25) is 0 Å². The molecule has 0 amide bonds. The lowest BCUT2D eigenvalue weighted by atomic mass is 9.86. The molecule has 1 fully saturated rings. The van der Waals surface area contributed by atoms with Crippen LogP contribution in [0.1, 0.15) is 48.9 Å². The Morgan fingerprint density at radius 1 is 1.17 bits per heavy atom. The molecule has 7 nitrogen and oxygen atoms in total. The minimum Gasteiger partial charge on any atom is -0.481 e. The molecule has 1 N–H and O–H groups in total. The summed E-state index contributed by atoms with van der Waals surface area (Å²) in [6.45, 7) is 2.25. The van der Waals surface area contributed by atoms with E-state index in [1.807, 2.05) is 4.90 Å². The Bertz CT molecular complexity index is 1320. The van der Waals surface area contributed by atoms with Gasteiger partial charge in [-0.25, -0.2) is 8.78 Å². The van der Waals surface area contributed by atoms with Gasteiger partial charge >= 0.3 is 5.97 Å². The Morgan fingerprint density at radius 3 is 2.49 bits per heavy atom. The number of benzene rings is 1. The zero-order valence-electron chi connectivity index (χ0n) is 19.4. The summed E-state index contributed by atoms with van der Waals surface area (Å²) in [7, 11) is 1.60. The van der Waals surface area contributed by atoms with Gasteiger partial charge in [-0.15, -0.1) is 0 Å². The van der Waals surface area contributed by atoms with Crippen molar-refractivity contribution in [2.45, 2.75) is 45.5 Å². The van der Waals surface area contributed by atoms with Gasteiger partial charge in [-0.05, 0) is 44.7 Å². The SMILES string of the molecule is Cc1cc2c(N3CCCc4ncc(C(F)F)cc43)cc(OF)cc2n(C)c1=O.O=C(O)C1CCC1. The second kappa shape index (κ2) is 9.97.